The van der Waals surface area contributed by atoms with Crippen molar-refractivity contribution >= 4 is 5.84 Å². The van der Waals surface area contributed by atoms with Crippen molar-refractivity contribution in [2.24, 2.45) is 10.9 Å². The zero-order valence-corrected chi connectivity index (χ0v) is 14.9. The summed E-state index contributed by atoms with van der Waals surface area (Å²) < 4.78 is 0. The van der Waals surface area contributed by atoms with Gasteiger partial charge < -0.3 is 10.6 Å². The van der Waals surface area contributed by atoms with Crippen molar-refractivity contribution in [1.29, 1.82) is 5.26 Å². The van der Waals surface area contributed by atoms with Crippen molar-refractivity contribution in [1.82, 2.24) is 4.90 Å². The summed E-state index contributed by atoms with van der Waals surface area (Å²) in [5.41, 5.74) is 9.64. The Hall–Kier alpha value is -2.84. The molecule has 1 heterocycles. The van der Waals surface area contributed by atoms with E-state index < -0.39 is 0 Å². The Balaban J connectivity index is 1.68. The van der Waals surface area contributed by atoms with Gasteiger partial charge in [-0.3, -0.25) is 4.90 Å². The van der Waals surface area contributed by atoms with Crippen molar-refractivity contribution in [2.75, 3.05) is 13.1 Å². The number of hydrogen-bond donors (Lipinski definition) is 1. The maximum absolute atomic E-state index is 9.13. The summed E-state index contributed by atoms with van der Waals surface area (Å²) in [7, 11) is 0. The van der Waals surface area contributed by atoms with Crippen molar-refractivity contribution in [2.45, 2.75) is 32.4 Å². The minimum Gasteiger partial charge on any atom is -0.389 e. The minimum atomic E-state index is 0.221. The van der Waals surface area contributed by atoms with E-state index in [0.29, 0.717) is 11.4 Å². The number of nitrogens with zero attached hydrogens (tertiary/aromatic N) is 3. The largest absolute Gasteiger partial charge is 0.389 e. The van der Waals surface area contributed by atoms with Gasteiger partial charge in [-0.2, -0.15) is 5.26 Å². The van der Waals surface area contributed by atoms with Crippen LogP contribution in [-0.2, 0) is 18.0 Å². The van der Waals surface area contributed by atoms with Gasteiger partial charge in [-0.05, 0) is 37.6 Å². The first kappa shape index (κ1) is 18.0. The molecule has 5 nitrogen and oxygen atoms in total. The fourth-order valence-electron chi connectivity index (χ4n) is 3.24. The van der Waals surface area contributed by atoms with Gasteiger partial charge >= 0.3 is 0 Å². The molecule has 2 aromatic carbocycles. The van der Waals surface area contributed by atoms with Crippen LogP contribution in [0, 0.1) is 11.3 Å². The Kier molecular flexibility index (Phi) is 6.24. The quantitative estimate of drug-likeness (QED) is 0.493. The van der Waals surface area contributed by atoms with Gasteiger partial charge in [0.05, 0.1) is 11.6 Å². The second-order valence-corrected chi connectivity index (χ2v) is 6.51. The molecule has 1 saturated heterocycles. The number of likely N-dealkylation sites (tertiary alicyclic amines) is 1. The van der Waals surface area contributed by atoms with Crippen molar-refractivity contribution in [3.05, 3.63) is 70.8 Å². The van der Waals surface area contributed by atoms with Crippen LogP contribution >= 0.6 is 0 Å². The molecule has 3 rings (SSSR count). The predicted octanol–water partition coefficient (Wildman–Crippen LogP) is 3.38. The lowest BCUT2D eigenvalue weighted by Gasteiger charge is -2.27. The lowest BCUT2D eigenvalue weighted by molar-refractivity contribution is 0.130. The van der Waals surface area contributed by atoms with Gasteiger partial charge in [0.25, 0.3) is 0 Å². The van der Waals surface area contributed by atoms with Gasteiger partial charge in [-0.25, -0.2) is 0 Å². The predicted molar refractivity (Wildman–Crippen MR) is 102 cm³/mol. The molecule has 5 heteroatoms. The lowest BCUT2D eigenvalue weighted by atomic mass is 10.0. The van der Waals surface area contributed by atoms with Crippen molar-refractivity contribution in [3.63, 3.8) is 0 Å². The third kappa shape index (κ3) is 4.62. The van der Waals surface area contributed by atoms with E-state index in [9.17, 15) is 0 Å². The van der Waals surface area contributed by atoms with Crippen molar-refractivity contribution in [3.8, 4) is 6.07 Å². The highest BCUT2D eigenvalue weighted by atomic mass is 16.6. The maximum atomic E-state index is 9.13. The second-order valence-electron chi connectivity index (χ2n) is 6.51. The number of rotatable bonds is 6. The summed E-state index contributed by atoms with van der Waals surface area (Å²) in [6.45, 7) is 3.36. The van der Waals surface area contributed by atoms with Crippen molar-refractivity contribution < 1.29 is 4.84 Å². The first-order valence-corrected chi connectivity index (χ1v) is 9.02. The fourth-order valence-corrected chi connectivity index (χ4v) is 3.24. The highest BCUT2D eigenvalue weighted by Crippen LogP contribution is 2.16. The van der Waals surface area contributed by atoms with Crippen LogP contribution in [0.25, 0.3) is 0 Å². The van der Waals surface area contributed by atoms with Crippen LogP contribution in [-0.4, -0.2) is 23.8 Å². The number of amidine groups is 1. The Morgan fingerprint density at radius 1 is 1.04 bits per heavy atom. The number of benzene rings is 2. The van der Waals surface area contributed by atoms with E-state index >= 15 is 0 Å². The van der Waals surface area contributed by atoms with Gasteiger partial charge in [0, 0.05) is 17.7 Å². The van der Waals surface area contributed by atoms with Gasteiger partial charge in [0.2, 0.25) is 0 Å². The van der Waals surface area contributed by atoms with Crippen LogP contribution in [0.15, 0.2) is 53.7 Å². The molecule has 0 aromatic heterocycles. The van der Waals surface area contributed by atoms with Gasteiger partial charge in [-0.1, -0.05) is 54.0 Å². The fraction of sp³-hybridized carbons (Fsp3) is 0.333. The molecule has 0 aliphatic carbocycles. The molecule has 0 radical (unpaired) electrons. The Labute approximate surface area is 154 Å². The van der Waals surface area contributed by atoms with E-state index in [-0.39, 0.29) is 6.61 Å². The number of nitriles is 1. The van der Waals surface area contributed by atoms with E-state index in [4.69, 9.17) is 15.8 Å². The van der Waals surface area contributed by atoms with E-state index in [1.807, 2.05) is 36.4 Å². The van der Waals surface area contributed by atoms with E-state index in [1.54, 1.807) is 6.07 Å². The Morgan fingerprint density at radius 2 is 1.73 bits per heavy atom. The molecule has 0 unspecified atom stereocenters. The summed E-state index contributed by atoms with van der Waals surface area (Å²) >= 11 is 0. The molecule has 2 aromatic rings. The summed E-state index contributed by atoms with van der Waals surface area (Å²) in [6.07, 6.45) is 3.83. The third-order valence-electron chi connectivity index (χ3n) is 4.66. The Bertz CT molecular complexity index is 804. The van der Waals surface area contributed by atoms with Crippen LogP contribution in [0.4, 0.5) is 0 Å². The molecule has 0 saturated carbocycles. The maximum Gasteiger partial charge on any atom is 0.170 e. The number of piperidine rings is 1. The van der Waals surface area contributed by atoms with Crippen LogP contribution in [0.2, 0.25) is 0 Å². The number of oxime groups is 1. The molecule has 1 fully saturated rings. The molecule has 0 atom stereocenters. The van der Waals surface area contributed by atoms with Crippen LogP contribution < -0.4 is 5.73 Å². The lowest BCUT2D eigenvalue weighted by Crippen LogP contribution is -2.30. The van der Waals surface area contributed by atoms with Crippen LogP contribution in [0.1, 0.15) is 41.5 Å². The van der Waals surface area contributed by atoms with Gasteiger partial charge in [0.15, 0.2) is 5.84 Å². The number of nitrogens with two attached hydrogens (primary N) is 1. The average Bonchev–Trinajstić information content (AvgIpc) is 2.69. The molecular formula is C21H24N4O. The topological polar surface area (TPSA) is 74.6 Å². The molecule has 134 valence electrons. The molecule has 1 aliphatic rings. The minimum absolute atomic E-state index is 0.221. The molecule has 26 heavy (non-hydrogen) atoms. The number of hydrogen-bond acceptors (Lipinski definition) is 4. The first-order valence-electron chi connectivity index (χ1n) is 9.02. The highest BCUT2D eigenvalue weighted by molar-refractivity contribution is 5.98. The highest BCUT2D eigenvalue weighted by Gasteiger charge is 2.14. The molecule has 1 aliphatic heterocycles. The molecule has 2 N–H and O–H groups in total. The molecule has 0 bridgehead atoms. The average molecular weight is 348 g/mol. The first-order chi connectivity index (χ1) is 12.8. The van der Waals surface area contributed by atoms with Crippen LogP contribution in [0.5, 0.6) is 0 Å². The zero-order valence-electron chi connectivity index (χ0n) is 14.9. The SMILES string of the molecule is N#Cc1ccccc1CO/N=C(/N)c1ccccc1CN1CCCCC1. The summed E-state index contributed by atoms with van der Waals surface area (Å²) in [5.74, 6) is 0.368. The van der Waals surface area contributed by atoms with Gasteiger partial charge in [-0.15, -0.1) is 0 Å². The molecule has 0 amide bonds. The smallest absolute Gasteiger partial charge is 0.170 e. The molecule has 0 spiro atoms. The normalized spacial score (nSPS) is 15.4. The standard InChI is InChI=1S/C21H24N4O/c22-14-17-8-2-3-10-19(17)16-26-24-21(23)20-11-5-4-9-18(20)15-25-12-6-1-7-13-25/h2-5,8-11H,1,6-7,12-13,15-16H2,(H2,23,24). The monoisotopic (exact) mass is 348 g/mol. The van der Waals surface area contributed by atoms with Crippen LogP contribution in [0.3, 0.4) is 0 Å². The summed E-state index contributed by atoms with van der Waals surface area (Å²) in [6, 6.07) is 17.5. The van der Waals surface area contributed by atoms with E-state index in [1.165, 1.54) is 19.3 Å². The second kappa shape index (κ2) is 9.02. The third-order valence-corrected chi connectivity index (χ3v) is 4.66. The zero-order chi connectivity index (χ0) is 18.2. The summed E-state index contributed by atoms with van der Waals surface area (Å²) in [4.78, 5) is 7.88. The molecular weight excluding hydrogens is 324 g/mol. The van der Waals surface area contributed by atoms with Gasteiger partial charge in [0.1, 0.15) is 6.61 Å². The van der Waals surface area contributed by atoms with E-state index in [2.05, 4.69) is 22.2 Å². The van der Waals surface area contributed by atoms with E-state index in [0.717, 1.165) is 36.3 Å². The summed E-state index contributed by atoms with van der Waals surface area (Å²) in [5, 5.41) is 13.2. The Morgan fingerprint density at radius 3 is 2.50 bits per heavy atom.